The van der Waals surface area contributed by atoms with Gasteiger partial charge in [0.2, 0.25) is 5.95 Å². The summed E-state index contributed by atoms with van der Waals surface area (Å²) in [4.78, 5) is 10.2. The second kappa shape index (κ2) is 5.66. The summed E-state index contributed by atoms with van der Waals surface area (Å²) in [6.07, 6.45) is 1.66. The van der Waals surface area contributed by atoms with Gasteiger partial charge in [0.25, 0.3) is 0 Å². The second-order valence-electron chi connectivity index (χ2n) is 3.87. The van der Waals surface area contributed by atoms with Gasteiger partial charge in [-0.1, -0.05) is 23.7 Å². The summed E-state index contributed by atoms with van der Waals surface area (Å²) in [5, 5.41) is 0.734. The molecule has 5 nitrogen and oxygen atoms in total. The van der Waals surface area contributed by atoms with Crippen LogP contribution in [0.3, 0.4) is 0 Å². The summed E-state index contributed by atoms with van der Waals surface area (Å²) >= 11 is 5.85. The predicted molar refractivity (Wildman–Crippen MR) is 73.4 cm³/mol. The number of hydrazine groups is 1. The van der Waals surface area contributed by atoms with Crippen molar-refractivity contribution in [2.24, 2.45) is 5.84 Å². The smallest absolute Gasteiger partial charge is 0.239 e. The molecule has 1 heterocycles. The van der Waals surface area contributed by atoms with Crippen LogP contribution in [-0.2, 0) is 6.54 Å². The Labute approximate surface area is 111 Å². The molecule has 1 aromatic carbocycles. The van der Waals surface area contributed by atoms with Crippen molar-refractivity contribution in [2.75, 3.05) is 17.4 Å². The fourth-order valence-electron chi connectivity index (χ4n) is 1.58. The lowest BCUT2D eigenvalue weighted by Crippen LogP contribution is -2.19. The zero-order chi connectivity index (χ0) is 13.0. The highest BCUT2D eigenvalue weighted by atomic mass is 35.5. The fraction of sp³-hybridized carbons (Fsp3) is 0.167. The Kier molecular flexibility index (Phi) is 3.96. The zero-order valence-electron chi connectivity index (χ0n) is 9.97. The van der Waals surface area contributed by atoms with Gasteiger partial charge in [0.15, 0.2) is 0 Å². The van der Waals surface area contributed by atoms with Crippen LogP contribution in [0.1, 0.15) is 5.56 Å². The van der Waals surface area contributed by atoms with Crippen LogP contribution in [0, 0.1) is 0 Å². The van der Waals surface area contributed by atoms with E-state index in [1.165, 1.54) is 0 Å². The molecular weight excluding hydrogens is 250 g/mol. The molecule has 0 atom stereocenters. The molecule has 0 saturated carbocycles. The lowest BCUT2D eigenvalue weighted by Gasteiger charge is -2.18. The van der Waals surface area contributed by atoms with Gasteiger partial charge in [-0.2, -0.15) is 4.98 Å². The minimum Gasteiger partial charge on any atom is -0.355 e. The zero-order valence-corrected chi connectivity index (χ0v) is 10.7. The van der Waals surface area contributed by atoms with Crippen molar-refractivity contribution in [3.05, 3.63) is 47.1 Å². The minimum atomic E-state index is 0.399. The Morgan fingerprint density at radius 2 is 2.00 bits per heavy atom. The number of anilines is 2. The van der Waals surface area contributed by atoms with E-state index in [1.54, 1.807) is 6.20 Å². The van der Waals surface area contributed by atoms with Crippen LogP contribution in [0.25, 0.3) is 0 Å². The Hall–Kier alpha value is -1.85. The molecule has 0 amide bonds. The Morgan fingerprint density at radius 1 is 1.28 bits per heavy atom. The van der Waals surface area contributed by atoms with Gasteiger partial charge in [-0.25, -0.2) is 10.8 Å². The van der Waals surface area contributed by atoms with Crippen LogP contribution in [0.15, 0.2) is 36.5 Å². The third kappa shape index (κ3) is 3.09. The molecule has 3 N–H and O–H groups in total. The molecule has 0 aliphatic heterocycles. The Morgan fingerprint density at radius 3 is 2.67 bits per heavy atom. The highest BCUT2D eigenvalue weighted by Gasteiger charge is 2.05. The first kappa shape index (κ1) is 12.6. The standard InChI is InChI=1S/C12H14ClN5/c1-18(8-9-2-4-10(13)5-3-9)11-6-7-15-12(16-11)17-14/h2-7H,8,14H2,1H3,(H,15,16,17). The second-order valence-corrected chi connectivity index (χ2v) is 4.30. The van der Waals surface area contributed by atoms with Gasteiger partial charge in [-0.3, -0.25) is 5.43 Å². The lowest BCUT2D eigenvalue weighted by molar-refractivity contribution is 0.891. The molecule has 18 heavy (non-hydrogen) atoms. The number of nitrogen functional groups attached to an aromatic ring is 1. The van der Waals surface area contributed by atoms with E-state index in [2.05, 4.69) is 15.4 Å². The summed E-state index contributed by atoms with van der Waals surface area (Å²) in [5.41, 5.74) is 3.58. The van der Waals surface area contributed by atoms with E-state index >= 15 is 0 Å². The van der Waals surface area contributed by atoms with E-state index < -0.39 is 0 Å². The predicted octanol–water partition coefficient (Wildman–Crippen LogP) is 2.05. The lowest BCUT2D eigenvalue weighted by atomic mass is 10.2. The van der Waals surface area contributed by atoms with Crippen molar-refractivity contribution in [3.8, 4) is 0 Å². The monoisotopic (exact) mass is 263 g/mol. The number of aromatic nitrogens is 2. The van der Waals surface area contributed by atoms with E-state index in [0.29, 0.717) is 5.95 Å². The number of benzene rings is 1. The summed E-state index contributed by atoms with van der Waals surface area (Å²) in [6, 6.07) is 9.55. The number of nitrogens with zero attached hydrogens (tertiary/aromatic N) is 3. The van der Waals surface area contributed by atoms with Crippen LogP contribution in [0.2, 0.25) is 5.02 Å². The third-order valence-electron chi connectivity index (χ3n) is 2.49. The van der Waals surface area contributed by atoms with Gasteiger partial charge in [-0.05, 0) is 23.8 Å². The minimum absolute atomic E-state index is 0.399. The molecule has 0 aliphatic rings. The van der Waals surface area contributed by atoms with Gasteiger partial charge < -0.3 is 4.90 Å². The van der Waals surface area contributed by atoms with E-state index in [0.717, 1.165) is 22.9 Å². The van der Waals surface area contributed by atoms with Gasteiger partial charge >= 0.3 is 0 Å². The Bertz CT molecular complexity index is 514. The van der Waals surface area contributed by atoms with Gasteiger partial charge in [0.05, 0.1) is 0 Å². The van der Waals surface area contributed by atoms with Crippen molar-refractivity contribution >= 4 is 23.4 Å². The average Bonchev–Trinajstić information content (AvgIpc) is 2.41. The molecule has 1 aromatic heterocycles. The Balaban J connectivity index is 2.11. The molecule has 0 saturated heterocycles. The molecule has 2 rings (SSSR count). The van der Waals surface area contributed by atoms with E-state index in [9.17, 15) is 0 Å². The number of nitrogens with one attached hydrogen (secondary N) is 1. The third-order valence-corrected chi connectivity index (χ3v) is 2.75. The van der Waals surface area contributed by atoms with Crippen molar-refractivity contribution in [1.82, 2.24) is 9.97 Å². The first-order valence-electron chi connectivity index (χ1n) is 5.44. The molecule has 6 heteroatoms. The maximum absolute atomic E-state index is 5.85. The highest BCUT2D eigenvalue weighted by Crippen LogP contribution is 2.15. The fourth-order valence-corrected chi connectivity index (χ4v) is 1.70. The summed E-state index contributed by atoms with van der Waals surface area (Å²) in [5.74, 6) is 6.48. The normalized spacial score (nSPS) is 10.2. The van der Waals surface area contributed by atoms with Gasteiger partial charge in [0, 0.05) is 24.8 Å². The first-order valence-corrected chi connectivity index (χ1v) is 5.82. The quantitative estimate of drug-likeness (QED) is 0.653. The summed E-state index contributed by atoms with van der Waals surface area (Å²) < 4.78 is 0. The molecule has 0 aliphatic carbocycles. The van der Waals surface area contributed by atoms with E-state index in [4.69, 9.17) is 17.4 Å². The molecule has 0 unspecified atom stereocenters. The molecule has 2 aromatic rings. The number of hydrogen-bond donors (Lipinski definition) is 2. The van der Waals surface area contributed by atoms with E-state index in [1.807, 2.05) is 42.3 Å². The maximum atomic E-state index is 5.85. The van der Waals surface area contributed by atoms with Crippen molar-refractivity contribution in [2.45, 2.75) is 6.54 Å². The van der Waals surface area contributed by atoms with Crippen molar-refractivity contribution < 1.29 is 0 Å². The van der Waals surface area contributed by atoms with Gasteiger partial charge in [-0.15, -0.1) is 0 Å². The number of rotatable bonds is 4. The van der Waals surface area contributed by atoms with Crippen LogP contribution >= 0.6 is 11.6 Å². The average molecular weight is 264 g/mol. The summed E-state index contributed by atoms with van der Waals surface area (Å²) in [6.45, 7) is 0.734. The summed E-state index contributed by atoms with van der Waals surface area (Å²) in [7, 11) is 1.96. The van der Waals surface area contributed by atoms with Gasteiger partial charge in [0.1, 0.15) is 5.82 Å². The molecule has 0 radical (unpaired) electrons. The molecule has 0 bridgehead atoms. The first-order chi connectivity index (χ1) is 8.69. The van der Waals surface area contributed by atoms with Crippen molar-refractivity contribution in [1.29, 1.82) is 0 Å². The topological polar surface area (TPSA) is 67.1 Å². The van der Waals surface area contributed by atoms with Crippen LogP contribution < -0.4 is 16.2 Å². The molecule has 94 valence electrons. The highest BCUT2D eigenvalue weighted by molar-refractivity contribution is 6.30. The molecule has 0 fully saturated rings. The molecule has 0 spiro atoms. The number of nitrogens with two attached hydrogens (primary N) is 1. The SMILES string of the molecule is CN(Cc1ccc(Cl)cc1)c1ccnc(NN)n1. The molecular formula is C12H14ClN5. The van der Waals surface area contributed by atoms with Crippen molar-refractivity contribution in [3.63, 3.8) is 0 Å². The maximum Gasteiger partial charge on any atom is 0.239 e. The number of halogens is 1. The van der Waals surface area contributed by atoms with E-state index in [-0.39, 0.29) is 0 Å². The van der Waals surface area contributed by atoms with Crippen LogP contribution in [-0.4, -0.2) is 17.0 Å². The largest absolute Gasteiger partial charge is 0.355 e. The van der Waals surface area contributed by atoms with Crippen LogP contribution in [0.4, 0.5) is 11.8 Å². The van der Waals surface area contributed by atoms with Crippen LogP contribution in [0.5, 0.6) is 0 Å². The number of hydrogen-bond acceptors (Lipinski definition) is 5.